The van der Waals surface area contributed by atoms with E-state index in [0.29, 0.717) is 0 Å². The van der Waals surface area contributed by atoms with Gasteiger partial charge < -0.3 is 10.2 Å². The lowest BCUT2D eigenvalue weighted by Crippen LogP contribution is -2.39. The molecule has 1 heterocycles. The molecule has 1 N–H and O–H groups in total. The predicted molar refractivity (Wildman–Crippen MR) is 74.3 cm³/mol. The molecule has 2 aliphatic rings. The first-order chi connectivity index (χ1) is 8.29. The molecule has 0 spiro atoms. The summed E-state index contributed by atoms with van der Waals surface area (Å²) in [7, 11) is 2.29. The zero-order chi connectivity index (χ0) is 12.1. The summed E-state index contributed by atoms with van der Waals surface area (Å²) in [6.45, 7) is 4.82. The van der Waals surface area contributed by atoms with E-state index in [1.807, 2.05) is 0 Å². The highest BCUT2D eigenvalue weighted by atomic mass is 15.1. The van der Waals surface area contributed by atoms with Crippen LogP contribution in [0.5, 0.6) is 0 Å². The summed E-state index contributed by atoms with van der Waals surface area (Å²) in [5, 5.41) is 3.87. The van der Waals surface area contributed by atoms with Gasteiger partial charge in [-0.1, -0.05) is 32.6 Å². The largest absolute Gasteiger partial charge is 0.310 e. The standard InChI is InChI=1S/C15H30N2/c1-3-4-7-10-17(2)12-14-11-13-8-5-6-9-15(13)16-14/h13-16H,3-12H2,1-2H3. The SMILES string of the molecule is CCCCCN(C)CC1CC2CCCCC2N1. The van der Waals surface area contributed by atoms with Crippen LogP contribution in [0.25, 0.3) is 0 Å². The van der Waals surface area contributed by atoms with E-state index in [2.05, 4.69) is 24.2 Å². The fourth-order valence-corrected chi connectivity index (χ4v) is 3.67. The number of hydrogen-bond donors (Lipinski definition) is 1. The molecule has 17 heavy (non-hydrogen) atoms. The normalized spacial score (nSPS) is 33.0. The minimum absolute atomic E-state index is 0.773. The Hall–Kier alpha value is -0.0800. The predicted octanol–water partition coefficient (Wildman–Crippen LogP) is 3.03. The fraction of sp³-hybridized carbons (Fsp3) is 1.00. The topological polar surface area (TPSA) is 15.3 Å². The molecule has 0 bridgehead atoms. The summed E-state index contributed by atoms with van der Waals surface area (Å²) in [6.07, 6.45) is 11.4. The number of likely N-dealkylation sites (N-methyl/N-ethyl adjacent to an activating group) is 1. The van der Waals surface area contributed by atoms with Crippen molar-refractivity contribution in [2.45, 2.75) is 70.4 Å². The smallest absolute Gasteiger partial charge is 0.0200 e. The Morgan fingerprint density at radius 2 is 2.00 bits per heavy atom. The zero-order valence-corrected chi connectivity index (χ0v) is 11.8. The average molecular weight is 238 g/mol. The number of unbranched alkanes of at least 4 members (excludes halogenated alkanes) is 2. The van der Waals surface area contributed by atoms with Gasteiger partial charge in [-0.3, -0.25) is 0 Å². The average Bonchev–Trinajstić information content (AvgIpc) is 2.71. The van der Waals surface area contributed by atoms with E-state index in [0.717, 1.165) is 18.0 Å². The van der Waals surface area contributed by atoms with Gasteiger partial charge in [-0.15, -0.1) is 0 Å². The molecule has 0 aromatic heterocycles. The van der Waals surface area contributed by atoms with Gasteiger partial charge in [0.1, 0.15) is 0 Å². The number of rotatable bonds is 6. The number of fused-ring (bicyclic) bond motifs is 1. The van der Waals surface area contributed by atoms with Crippen LogP contribution >= 0.6 is 0 Å². The first-order valence-electron chi connectivity index (χ1n) is 7.74. The van der Waals surface area contributed by atoms with Crippen LogP contribution in [0.3, 0.4) is 0 Å². The summed E-state index contributed by atoms with van der Waals surface area (Å²) in [6, 6.07) is 1.63. The molecule has 3 atom stereocenters. The van der Waals surface area contributed by atoms with Crippen molar-refractivity contribution in [2.75, 3.05) is 20.1 Å². The summed E-state index contributed by atoms with van der Waals surface area (Å²) >= 11 is 0. The van der Waals surface area contributed by atoms with Crippen molar-refractivity contribution in [3.63, 3.8) is 0 Å². The van der Waals surface area contributed by atoms with E-state index in [-0.39, 0.29) is 0 Å². The molecule has 3 unspecified atom stereocenters. The molecular formula is C15H30N2. The number of nitrogens with one attached hydrogen (secondary N) is 1. The van der Waals surface area contributed by atoms with E-state index < -0.39 is 0 Å². The third-order valence-corrected chi connectivity index (χ3v) is 4.62. The van der Waals surface area contributed by atoms with Crippen LogP contribution < -0.4 is 5.32 Å². The maximum Gasteiger partial charge on any atom is 0.0200 e. The van der Waals surface area contributed by atoms with E-state index in [9.17, 15) is 0 Å². The van der Waals surface area contributed by atoms with Crippen LogP contribution in [0.2, 0.25) is 0 Å². The third-order valence-electron chi connectivity index (χ3n) is 4.62. The second kappa shape index (κ2) is 6.75. The Balaban J connectivity index is 1.66. The molecule has 0 aromatic carbocycles. The highest BCUT2D eigenvalue weighted by Gasteiger charge is 2.34. The molecule has 2 rings (SSSR count). The van der Waals surface area contributed by atoms with E-state index in [1.54, 1.807) is 0 Å². The van der Waals surface area contributed by atoms with Crippen LogP contribution in [-0.2, 0) is 0 Å². The molecule has 100 valence electrons. The second-order valence-corrected chi connectivity index (χ2v) is 6.22. The van der Waals surface area contributed by atoms with Crippen molar-refractivity contribution >= 4 is 0 Å². The van der Waals surface area contributed by atoms with E-state index >= 15 is 0 Å². The maximum absolute atomic E-state index is 3.87. The number of nitrogens with zero attached hydrogens (tertiary/aromatic N) is 1. The zero-order valence-electron chi connectivity index (χ0n) is 11.8. The summed E-state index contributed by atoms with van der Waals surface area (Å²) < 4.78 is 0. The first-order valence-corrected chi connectivity index (χ1v) is 7.74. The van der Waals surface area contributed by atoms with E-state index in [4.69, 9.17) is 0 Å². The Bertz CT molecular complexity index is 203. The Kier molecular flexibility index (Phi) is 5.30. The van der Waals surface area contributed by atoms with Gasteiger partial charge in [0.2, 0.25) is 0 Å². The Morgan fingerprint density at radius 1 is 1.18 bits per heavy atom. The van der Waals surface area contributed by atoms with Crippen LogP contribution in [0.1, 0.15) is 58.3 Å². The van der Waals surface area contributed by atoms with Gasteiger partial charge in [-0.25, -0.2) is 0 Å². The molecule has 2 nitrogen and oxygen atoms in total. The van der Waals surface area contributed by atoms with Crippen LogP contribution in [0, 0.1) is 5.92 Å². The van der Waals surface area contributed by atoms with Crippen molar-refractivity contribution in [3.05, 3.63) is 0 Å². The van der Waals surface area contributed by atoms with Gasteiger partial charge in [-0.2, -0.15) is 0 Å². The summed E-state index contributed by atoms with van der Waals surface area (Å²) in [5.41, 5.74) is 0. The van der Waals surface area contributed by atoms with Crippen molar-refractivity contribution in [1.82, 2.24) is 10.2 Å². The molecule has 1 saturated carbocycles. The second-order valence-electron chi connectivity index (χ2n) is 6.22. The minimum Gasteiger partial charge on any atom is -0.310 e. The monoisotopic (exact) mass is 238 g/mol. The third kappa shape index (κ3) is 3.96. The van der Waals surface area contributed by atoms with Gasteiger partial charge in [0.25, 0.3) is 0 Å². The first kappa shape index (κ1) is 13.4. The van der Waals surface area contributed by atoms with Gasteiger partial charge in [0, 0.05) is 18.6 Å². The van der Waals surface area contributed by atoms with Crippen LogP contribution in [0.4, 0.5) is 0 Å². The molecule has 2 heteroatoms. The number of hydrogen-bond acceptors (Lipinski definition) is 2. The quantitative estimate of drug-likeness (QED) is 0.716. The summed E-state index contributed by atoms with van der Waals surface area (Å²) in [5.74, 6) is 0.998. The Morgan fingerprint density at radius 3 is 2.76 bits per heavy atom. The van der Waals surface area contributed by atoms with Crippen LogP contribution in [0.15, 0.2) is 0 Å². The summed E-state index contributed by atoms with van der Waals surface area (Å²) in [4.78, 5) is 2.53. The van der Waals surface area contributed by atoms with Gasteiger partial charge in [-0.05, 0) is 45.2 Å². The lowest BCUT2D eigenvalue weighted by molar-refractivity contribution is 0.289. The van der Waals surface area contributed by atoms with Gasteiger partial charge in [0.15, 0.2) is 0 Å². The molecule has 1 aliphatic heterocycles. The van der Waals surface area contributed by atoms with Crippen molar-refractivity contribution in [1.29, 1.82) is 0 Å². The Labute approximate surface area is 107 Å². The highest BCUT2D eigenvalue weighted by Crippen LogP contribution is 2.33. The van der Waals surface area contributed by atoms with Crippen molar-refractivity contribution in [3.8, 4) is 0 Å². The maximum atomic E-state index is 3.87. The van der Waals surface area contributed by atoms with Crippen molar-refractivity contribution < 1.29 is 0 Å². The lowest BCUT2D eigenvalue weighted by atomic mass is 9.85. The van der Waals surface area contributed by atoms with Crippen LogP contribution in [-0.4, -0.2) is 37.1 Å². The fourth-order valence-electron chi connectivity index (χ4n) is 3.67. The molecular weight excluding hydrogens is 208 g/mol. The molecule has 2 fully saturated rings. The van der Waals surface area contributed by atoms with Gasteiger partial charge >= 0.3 is 0 Å². The molecule has 1 saturated heterocycles. The molecule has 0 aromatic rings. The lowest BCUT2D eigenvalue weighted by Gasteiger charge is -2.24. The molecule has 0 amide bonds. The van der Waals surface area contributed by atoms with Crippen molar-refractivity contribution in [2.24, 2.45) is 5.92 Å². The molecule has 1 aliphatic carbocycles. The molecule has 0 radical (unpaired) electrons. The van der Waals surface area contributed by atoms with E-state index in [1.165, 1.54) is 64.5 Å². The highest BCUT2D eigenvalue weighted by molar-refractivity contribution is 4.93. The minimum atomic E-state index is 0.773. The van der Waals surface area contributed by atoms with Gasteiger partial charge in [0.05, 0.1) is 0 Å².